The van der Waals surface area contributed by atoms with Crippen LogP contribution < -0.4 is 0 Å². The van der Waals surface area contributed by atoms with Crippen LogP contribution in [0.5, 0.6) is 0 Å². The van der Waals surface area contributed by atoms with Crippen LogP contribution in [0.2, 0.25) is 0 Å². The zero-order valence-electron chi connectivity index (χ0n) is 35.2. The molecule has 1 unspecified atom stereocenters. The summed E-state index contributed by atoms with van der Waals surface area (Å²) in [7, 11) is 0. The van der Waals surface area contributed by atoms with Gasteiger partial charge in [0, 0.05) is 49.5 Å². The van der Waals surface area contributed by atoms with E-state index < -0.39 is 0 Å². The van der Waals surface area contributed by atoms with Gasteiger partial charge in [0.05, 0.1) is 33.3 Å². The molecule has 3 aromatic heterocycles. The first-order valence-electron chi connectivity index (χ1n) is 22.4. The van der Waals surface area contributed by atoms with Gasteiger partial charge in [-0.1, -0.05) is 170 Å². The lowest BCUT2D eigenvalue weighted by Crippen LogP contribution is -2.04. The predicted octanol–water partition coefficient (Wildman–Crippen LogP) is 15.5. The Kier molecular flexibility index (Phi) is 7.71. The fourth-order valence-electron chi connectivity index (χ4n) is 11.0. The van der Waals surface area contributed by atoms with E-state index in [0.29, 0.717) is 5.95 Å². The van der Waals surface area contributed by atoms with Gasteiger partial charge >= 0.3 is 0 Å². The number of nitrogens with zero attached hydrogens (tertiary/aromatic N) is 4. The molecule has 0 saturated carbocycles. The molecule has 302 valence electrons. The van der Waals surface area contributed by atoms with Crippen LogP contribution in [0, 0.1) is 0 Å². The zero-order chi connectivity index (χ0) is 42.6. The second-order valence-electron chi connectivity index (χ2n) is 17.3. The molecule has 1 aliphatic carbocycles. The van der Waals surface area contributed by atoms with E-state index in [-0.39, 0.29) is 5.92 Å². The highest BCUT2D eigenvalue weighted by atomic mass is 15.2. The first-order chi connectivity index (χ1) is 32.3. The van der Waals surface area contributed by atoms with E-state index in [0.717, 1.165) is 49.7 Å². The first kappa shape index (κ1) is 35.9. The summed E-state index contributed by atoms with van der Waals surface area (Å²) in [5, 5.41) is 8.17. The van der Waals surface area contributed by atoms with Crippen molar-refractivity contribution in [2.75, 3.05) is 0 Å². The normalized spacial score (nSPS) is 13.4. The van der Waals surface area contributed by atoms with Crippen molar-refractivity contribution in [2.24, 2.45) is 0 Å². The van der Waals surface area contributed by atoms with Gasteiger partial charge in [0.25, 0.3) is 0 Å². The quantitative estimate of drug-likeness (QED) is 0.173. The monoisotopic (exact) mass is 826 g/mol. The van der Waals surface area contributed by atoms with Crippen molar-refractivity contribution in [3.05, 3.63) is 241 Å². The van der Waals surface area contributed by atoms with Gasteiger partial charge in [-0.25, -0.2) is 9.97 Å². The summed E-state index contributed by atoms with van der Waals surface area (Å²) >= 11 is 0. The SMILES string of the molecule is c1ccc(C2c3ccccc3-c3cc(-c4nc(-n5c6ccccc6c6cc(-c7ccc8c(c7)c7ccccc7n8-c7ccccc7)c7ccccc7c65)nc5ccccc45)ccc32)cc1. The van der Waals surface area contributed by atoms with Crippen LogP contribution in [-0.2, 0) is 0 Å². The maximum atomic E-state index is 5.60. The lowest BCUT2D eigenvalue weighted by Gasteiger charge is -2.16. The van der Waals surface area contributed by atoms with Crippen LogP contribution in [0.25, 0.3) is 110 Å². The van der Waals surface area contributed by atoms with Gasteiger partial charge in [0.2, 0.25) is 5.95 Å². The van der Waals surface area contributed by atoms with Crippen molar-refractivity contribution < 1.29 is 0 Å². The highest BCUT2D eigenvalue weighted by molar-refractivity contribution is 6.22. The summed E-state index contributed by atoms with van der Waals surface area (Å²) < 4.78 is 4.68. The molecule has 3 heterocycles. The van der Waals surface area contributed by atoms with Gasteiger partial charge in [0.1, 0.15) is 0 Å². The highest BCUT2D eigenvalue weighted by Crippen LogP contribution is 2.50. The molecule has 0 spiro atoms. The Bertz CT molecular complexity index is 4070. The van der Waals surface area contributed by atoms with E-state index in [1.807, 2.05) is 0 Å². The summed E-state index contributed by atoms with van der Waals surface area (Å²) in [6, 6.07) is 81.5. The standard InChI is InChI=1S/C61H38N4/c1-3-17-38(18-4-1)58-46-25-9-7-21-42(46)51-36-40(31-33-47(51)58)59-49-27-11-14-28-54(49)62-61(63-59)65-56-30-16-13-24-45(56)53-37-50(43-22-8-10-26-48(43)60(53)65)39-32-34-57-52(35-39)44-23-12-15-29-55(44)64(57)41-19-5-2-6-20-41/h1-37,58H. The third-order valence-electron chi connectivity index (χ3n) is 13.8. The smallest absolute Gasteiger partial charge is 0.235 e. The molecule has 0 aliphatic heterocycles. The van der Waals surface area contributed by atoms with E-state index >= 15 is 0 Å². The number of para-hydroxylation sites is 4. The van der Waals surface area contributed by atoms with Gasteiger partial charge in [-0.2, -0.15) is 0 Å². The van der Waals surface area contributed by atoms with Crippen molar-refractivity contribution in [3.8, 4) is 45.1 Å². The number of aromatic nitrogens is 4. The largest absolute Gasteiger partial charge is 0.309 e. The van der Waals surface area contributed by atoms with Crippen LogP contribution in [0.1, 0.15) is 22.6 Å². The molecule has 4 nitrogen and oxygen atoms in total. The topological polar surface area (TPSA) is 35.6 Å². The fourth-order valence-corrected chi connectivity index (χ4v) is 11.0. The van der Waals surface area contributed by atoms with E-state index in [4.69, 9.17) is 9.97 Å². The zero-order valence-corrected chi connectivity index (χ0v) is 35.2. The van der Waals surface area contributed by atoms with Crippen molar-refractivity contribution >= 4 is 65.3 Å². The van der Waals surface area contributed by atoms with E-state index in [2.05, 4.69) is 234 Å². The van der Waals surface area contributed by atoms with Crippen molar-refractivity contribution in [3.63, 3.8) is 0 Å². The number of hydrogen-bond acceptors (Lipinski definition) is 2. The Balaban J connectivity index is 0.991. The van der Waals surface area contributed by atoms with Crippen LogP contribution in [0.3, 0.4) is 0 Å². The van der Waals surface area contributed by atoms with Gasteiger partial charge < -0.3 is 4.57 Å². The Morgan fingerprint density at radius 1 is 0.338 bits per heavy atom. The molecule has 0 bridgehead atoms. The fraction of sp³-hybridized carbons (Fsp3) is 0.0164. The maximum Gasteiger partial charge on any atom is 0.235 e. The molecule has 1 aliphatic rings. The minimum absolute atomic E-state index is 0.182. The summed E-state index contributed by atoms with van der Waals surface area (Å²) in [5.74, 6) is 0.836. The maximum absolute atomic E-state index is 5.60. The minimum atomic E-state index is 0.182. The molecule has 13 aromatic rings. The van der Waals surface area contributed by atoms with Gasteiger partial charge in [0.15, 0.2) is 0 Å². The van der Waals surface area contributed by atoms with Crippen molar-refractivity contribution in [2.45, 2.75) is 5.92 Å². The predicted molar refractivity (Wildman–Crippen MR) is 269 cm³/mol. The lowest BCUT2D eigenvalue weighted by molar-refractivity contribution is 1.01. The molecular formula is C61H38N4. The van der Waals surface area contributed by atoms with Gasteiger partial charge in [-0.3, -0.25) is 4.57 Å². The Morgan fingerprint density at radius 2 is 0.938 bits per heavy atom. The molecule has 14 rings (SSSR count). The lowest BCUT2D eigenvalue weighted by atomic mass is 9.89. The van der Waals surface area contributed by atoms with Gasteiger partial charge in [-0.05, 0) is 98.9 Å². The van der Waals surface area contributed by atoms with Crippen molar-refractivity contribution in [1.29, 1.82) is 0 Å². The summed E-state index contributed by atoms with van der Waals surface area (Å²) in [5.41, 5.74) is 17.5. The van der Waals surface area contributed by atoms with E-state index in [1.165, 1.54) is 71.5 Å². The molecule has 1 atom stereocenters. The third kappa shape index (κ3) is 5.32. The van der Waals surface area contributed by atoms with Crippen molar-refractivity contribution in [1.82, 2.24) is 19.1 Å². The van der Waals surface area contributed by atoms with Gasteiger partial charge in [-0.15, -0.1) is 0 Å². The summed E-state index contributed by atoms with van der Waals surface area (Å²) in [6.45, 7) is 0. The number of fused-ring (bicyclic) bond motifs is 12. The Labute approximate surface area is 375 Å². The molecular weight excluding hydrogens is 789 g/mol. The Morgan fingerprint density at radius 3 is 1.75 bits per heavy atom. The number of hydrogen-bond donors (Lipinski definition) is 0. The number of rotatable bonds is 5. The average Bonchev–Trinajstić information content (AvgIpc) is 4.02. The van der Waals surface area contributed by atoms with Crippen LogP contribution in [0.4, 0.5) is 0 Å². The molecule has 0 N–H and O–H groups in total. The molecule has 0 amide bonds. The highest BCUT2D eigenvalue weighted by Gasteiger charge is 2.30. The minimum Gasteiger partial charge on any atom is -0.309 e. The molecule has 0 saturated heterocycles. The Hall–Kier alpha value is -8.60. The van der Waals surface area contributed by atoms with Crippen LogP contribution >= 0.6 is 0 Å². The second kappa shape index (κ2) is 14.0. The summed E-state index contributed by atoms with van der Waals surface area (Å²) in [6.07, 6.45) is 0. The molecule has 0 fully saturated rings. The molecule has 4 heteroatoms. The molecule has 10 aromatic carbocycles. The third-order valence-corrected chi connectivity index (χ3v) is 13.8. The average molecular weight is 827 g/mol. The number of benzene rings is 10. The summed E-state index contributed by atoms with van der Waals surface area (Å²) in [4.78, 5) is 11.0. The molecule has 65 heavy (non-hydrogen) atoms. The van der Waals surface area contributed by atoms with Crippen LogP contribution in [-0.4, -0.2) is 19.1 Å². The first-order valence-corrected chi connectivity index (χ1v) is 22.4. The molecule has 0 radical (unpaired) electrons. The second-order valence-corrected chi connectivity index (χ2v) is 17.3. The van der Waals surface area contributed by atoms with Crippen LogP contribution in [0.15, 0.2) is 224 Å². The van der Waals surface area contributed by atoms with E-state index in [9.17, 15) is 0 Å². The van der Waals surface area contributed by atoms with E-state index in [1.54, 1.807) is 0 Å².